The lowest BCUT2D eigenvalue weighted by atomic mass is 9.67. The zero-order valence-electron chi connectivity index (χ0n) is 54.7. The van der Waals surface area contributed by atoms with Crippen LogP contribution < -0.4 is 0 Å². The number of thiophene rings is 3. The Balaban J connectivity index is 0.746. The molecule has 6 aromatic heterocycles. The fourth-order valence-corrected chi connectivity index (χ4v) is 24.0. The molecule has 6 heterocycles. The summed E-state index contributed by atoms with van der Waals surface area (Å²) in [6.45, 7) is 0. The van der Waals surface area contributed by atoms with Crippen LogP contribution in [0.4, 0.5) is 0 Å². The summed E-state index contributed by atoms with van der Waals surface area (Å²) in [6.07, 6.45) is 9.71. The molecule has 6 aliphatic rings. The Morgan fingerprint density at radius 3 is 1.36 bits per heavy atom. The van der Waals surface area contributed by atoms with Crippen LogP contribution in [0, 0.1) is 0 Å². The first-order valence-corrected chi connectivity index (χ1v) is 37.5. The molecule has 3 unspecified atom stereocenters. The van der Waals surface area contributed by atoms with Gasteiger partial charge in [-0.1, -0.05) is 218 Å². The van der Waals surface area contributed by atoms with E-state index in [1.54, 1.807) is 0 Å². The van der Waals surface area contributed by atoms with Crippen molar-refractivity contribution in [1.29, 1.82) is 0 Å². The van der Waals surface area contributed by atoms with Gasteiger partial charge in [0, 0.05) is 76.4 Å². The molecule has 3 spiro atoms. The minimum atomic E-state index is -0.734. The third-order valence-corrected chi connectivity index (χ3v) is 27.4. The van der Waals surface area contributed by atoms with Crippen molar-refractivity contribution in [2.45, 2.75) is 16.2 Å². The zero-order valence-corrected chi connectivity index (χ0v) is 57.1. The van der Waals surface area contributed by atoms with Gasteiger partial charge < -0.3 is 0 Å². The highest BCUT2D eigenvalue weighted by molar-refractivity contribution is 7.23. The molecule has 102 heavy (non-hydrogen) atoms. The van der Waals surface area contributed by atoms with Gasteiger partial charge in [-0.15, -0.1) is 34.0 Å². The first kappa shape index (κ1) is 55.8. The Morgan fingerprint density at radius 2 is 0.706 bits per heavy atom. The number of fused-ring (bicyclic) bond motifs is 36. The molecule has 0 saturated heterocycles. The number of hydrogen-bond donors (Lipinski definition) is 0. The Kier molecular flexibility index (Phi) is 11.0. The van der Waals surface area contributed by atoms with Crippen molar-refractivity contribution in [3.63, 3.8) is 0 Å². The van der Waals surface area contributed by atoms with Gasteiger partial charge in [-0.05, 0) is 239 Å². The van der Waals surface area contributed by atoms with Crippen LogP contribution in [0.2, 0.25) is 0 Å². The van der Waals surface area contributed by atoms with E-state index < -0.39 is 16.2 Å². The number of hydrogen-bond acceptors (Lipinski definition) is 6. The number of aromatic nitrogens is 3. The third kappa shape index (κ3) is 6.79. The topological polar surface area (TPSA) is 38.7 Å². The van der Waals surface area contributed by atoms with Gasteiger partial charge in [0.05, 0.1) is 21.9 Å². The van der Waals surface area contributed by atoms with E-state index in [4.69, 9.17) is 9.97 Å². The molecule has 3 nitrogen and oxygen atoms in total. The maximum absolute atomic E-state index is 4.90. The van der Waals surface area contributed by atoms with Crippen molar-refractivity contribution in [2.24, 2.45) is 0 Å². The third-order valence-electron chi connectivity index (χ3n) is 23.8. The van der Waals surface area contributed by atoms with Gasteiger partial charge in [0.1, 0.15) is 0 Å². The summed E-state index contributed by atoms with van der Waals surface area (Å²) < 4.78 is 3.90. The molecule has 6 heteroatoms. The van der Waals surface area contributed by atoms with Crippen molar-refractivity contribution in [3.05, 3.63) is 389 Å². The maximum Gasteiger partial charge on any atom is 0.0746 e. The average molecular weight is 1340 g/mol. The highest BCUT2D eigenvalue weighted by atomic mass is 32.1. The van der Waals surface area contributed by atoms with Gasteiger partial charge in [-0.2, -0.15) is 0 Å². The first-order valence-electron chi connectivity index (χ1n) is 35.1. The second-order valence-electron chi connectivity index (χ2n) is 28.2. The van der Waals surface area contributed by atoms with E-state index in [1.807, 2.05) is 64.9 Å². The molecule has 0 aliphatic heterocycles. The van der Waals surface area contributed by atoms with Gasteiger partial charge in [0.25, 0.3) is 0 Å². The molecule has 0 saturated carbocycles. The van der Waals surface area contributed by atoms with Crippen LogP contribution in [0.1, 0.15) is 66.8 Å². The minimum Gasteiger partial charge on any atom is -0.265 e. The second kappa shape index (κ2) is 20.1. The summed E-state index contributed by atoms with van der Waals surface area (Å²) in [5, 5.41) is 3.93. The first-order chi connectivity index (χ1) is 50.6. The Labute approximate surface area is 600 Å². The quantitative estimate of drug-likeness (QED) is 0.172. The number of rotatable bonds is 5. The molecule has 0 radical (unpaired) electrons. The van der Waals surface area contributed by atoms with Gasteiger partial charge in [0.2, 0.25) is 0 Å². The van der Waals surface area contributed by atoms with E-state index in [1.165, 1.54) is 195 Å². The van der Waals surface area contributed by atoms with Gasteiger partial charge in [-0.3, -0.25) is 15.0 Å². The van der Waals surface area contributed by atoms with Crippen molar-refractivity contribution in [3.8, 4) is 120 Å². The largest absolute Gasteiger partial charge is 0.265 e. The van der Waals surface area contributed by atoms with Gasteiger partial charge in [0.15, 0.2) is 0 Å². The summed E-state index contributed by atoms with van der Waals surface area (Å²) in [4.78, 5) is 18.2. The number of benzene rings is 12. The molecule has 12 aromatic carbocycles. The molecule has 0 fully saturated rings. The van der Waals surface area contributed by atoms with Crippen LogP contribution in [0.25, 0.3) is 151 Å². The monoisotopic (exact) mass is 1340 g/mol. The molecule has 6 aliphatic carbocycles. The summed E-state index contributed by atoms with van der Waals surface area (Å²) in [7, 11) is 0. The smallest absolute Gasteiger partial charge is 0.0746 e. The minimum absolute atomic E-state index is 0.542. The Morgan fingerprint density at radius 1 is 0.225 bits per heavy atom. The van der Waals surface area contributed by atoms with Crippen LogP contribution in [0.5, 0.6) is 0 Å². The van der Waals surface area contributed by atoms with Crippen LogP contribution >= 0.6 is 34.0 Å². The number of nitrogens with zero attached hydrogens (tertiary/aromatic N) is 3. The summed E-state index contributed by atoms with van der Waals surface area (Å²) in [6, 6.07) is 112. The van der Waals surface area contributed by atoms with Crippen LogP contribution in [-0.4, -0.2) is 15.0 Å². The average Bonchev–Trinajstić information content (AvgIpc) is 1.50. The predicted molar refractivity (Wildman–Crippen MR) is 422 cm³/mol. The molecular weight excluding hydrogens is 1290 g/mol. The summed E-state index contributed by atoms with van der Waals surface area (Å²) in [5.74, 6) is 0. The lowest BCUT2D eigenvalue weighted by Crippen LogP contribution is -2.27. The molecule has 0 amide bonds. The SMILES string of the molecule is c1ccc(-c2ccc3c(c2)-c2sc4ccccc4c2C32c3ccccc3-c3cc(-c4ccc(-c5cccnc5)c5c4-c4sc6ccccc6c4C54c5ccccc5-c5c(-c6ccc7c(c6)-c6sc8ccccc8c6C76c7ccccc7-c7ccc(-c8ccncc8)cc76)cccc54)ccc32)nc1. The van der Waals surface area contributed by atoms with E-state index in [9.17, 15) is 0 Å². The van der Waals surface area contributed by atoms with Crippen molar-refractivity contribution in [1.82, 2.24) is 15.0 Å². The molecular formula is C96H53N3S3. The molecule has 0 bridgehead atoms. The standard InChI is InChI=1S/C96H53N3S3/c1-7-25-73-63(18-1)65-37-33-55(54-43-47-97-48-44-54)52-80(65)95(73)78-41-35-57(50-71(78)91-89(95)68-22-5-11-31-83(68)100-91)60-24-15-28-79-85(60)66-20-3-9-27-75(66)96(79)87-62(59-17-16-45-98-53-59)39-38-61(86(87)93-90(96)69-23-6-12-32-84(69)102-93)56-34-40-76-70(49-56)64-19-2-8-26-74(64)94(76)77-42-36-58(81-29-13-14-46-99-81)51-72(77)92-88(94)67-21-4-10-30-82(67)101-92/h1-53H. The lowest BCUT2D eigenvalue weighted by molar-refractivity contribution is 0.802. The van der Waals surface area contributed by atoms with Crippen LogP contribution in [0.3, 0.4) is 0 Å². The van der Waals surface area contributed by atoms with Crippen molar-refractivity contribution in [2.75, 3.05) is 0 Å². The zero-order chi connectivity index (χ0) is 66.3. The van der Waals surface area contributed by atoms with E-state index in [-0.39, 0.29) is 0 Å². The normalized spacial score (nSPS) is 17.3. The van der Waals surface area contributed by atoms with E-state index in [2.05, 4.69) is 296 Å². The number of pyridine rings is 3. The van der Waals surface area contributed by atoms with E-state index in [0.29, 0.717) is 0 Å². The fraction of sp³-hybridized carbons (Fsp3) is 0.0312. The highest BCUT2D eigenvalue weighted by Gasteiger charge is 2.58. The maximum atomic E-state index is 4.90. The summed E-state index contributed by atoms with van der Waals surface area (Å²) >= 11 is 5.83. The van der Waals surface area contributed by atoms with Crippen molar-refractivity contribution < 1.29 is 0 Å². The van der Waals surface area contributed by atoms with E-state index in [0.717, 1.165) is 22.4 Å². The molecule has 24 rings (SSSR count). The predicted octanol–water partition coefficient (Wildman–Crippen LogP) is 24.9. The van der Waals surface area contributed by atoms with Gasteiger partial charge >= 0.3 is 0 Å². The second-order valence-corrected chi connectivity index (χ2v) is 31.3. The van der Waals surface area contributed by atoms with Crippen LogP contribution in [0.15, 0.2) is 322 Å². The summed E-state index contributed by atoms with van der Waals surface area (Å²) in [5.41, 5.74) is 37.5. The molecule has 0 N–H and O–H groups in total. The van der Waals surface area contributed by atoms with Crippen LogP contribution in [-0.2, 0) is 16.2 Å². The van der Waals surface area contributed by atoms with E-state index >= 15 is 0 Å². The lowest BCUT2D eigenvalue weighted by Gasteiger charge is -2.33. The fourth-order valence-electron chi connectivity index (χ4n) is 20.1. The van der Waals surface area contributed by atoms with Crippen molar-refractivity contribution >= 4 is 64.3 Å². The Hall–Kier alpha value is -12.0. The molecule has 18 aromatic rings. The Bertz CT molecular complexity index is 6780. The van der Waals surface area contributed by atoms with Gasteiger partial charge in [-0.25, -0.2) is 0 Å². The molecule has 3 atom stereocenters. The molecule has 470 valence electrons. The highest BCUT2D eigenvalue weighted by Crippen LogP contribution is 2.73.